The molecule has 45 heavy (non-hydrogen) atoms. The topological polar surface area (TPSA) is 86.8 Å². The number of unbranched alkanes of at least 4 members (excludes halogenated alkanes) is 1. The molecule has 4 rings (SSSR count). The van der Waals surface area contributed by atoms with E-state index < -0.39 is 28.5 Å². The Labute approximate surface area is 271 Å². The van der Waals surface area contributed by atoms with E-state index >= 15 is 0 Å². The van der Waals surface area contributed by atoms with Crippen molar-refractivity contribution < 1.29 is 18.0 Å². The Bertz CT molecular complexity index is 1700. The lowest BCUT2D eigenvalue weighted by molar-refractivity contribution is -0.140. The Balaban J connectivity index is 1.80. The summed E-state index contributed by atoms with van der Waals surface area (Å²) in [5.41, 5.74) is 3.86. The van der Waals surface area contributed by atoms with E-state index in [0.29, 0.717) is 11.6 Å². The van der Waals surface area contributed by atoms with Crippen LogP contribution in [-0.4, -0.2) is 44.3 Å². The van der Waals surface area contributed by atoms with Crippen LogP contribution in [0.15, 0.2) is 108 Å². The maximum Gasteiger partial charge on any atom is 0.264 e. The second-order valence-electron chi connectivity index (χ2n) is 11.1. The largest absolute Gasteiger partial charge is 0.354 e. The third-order valence-corrected chi connectivity index (χ3v) is 9.71. The fraction of sp³-hybridized carbons (Fsp3) is 0.278. The van der Waals surface area contributed by atoms with Gasteiger partial charge in [0.1, 0.15) is 12.6 Å². The van der Waals surface area contributed by atoms with Crippen molar-refractivity contribution in [1.29, 1.82) is 0 Å². The molecule has 9 heteroatoms. The lowest BCUT2D eigenvalue weighted by atomic mass is 10.0. The van der Waals surface area contributed by atoms with Gasteiger partial charge in [-0.25, -0.2) is 8.42 Å². The third-order valence-electron chi connectivity index (χ3n) is 7.69. The van der Waals surface area contributed by atoms with Crippen LogP contribution >= 0.6 is 11.6 Å². The summed E-state index contributed by atoms with van der Waals surface area (Å²) in [6, 6.07) is 29.2. The number of halogens is 1. The van der Waals surface area contributed by atoms with E-state index in [1.54, 1.807) is 30.3 Å². The van der Waals surface area contributed by atoms with Crippen molar-refractivity contribution >= 4 is 39.1 Å². The molecular formula is C36H40ClN3O4S. The number of rotatable bonds is 14. The predicted molar refractivity (Wildman–Crippen MR) is 181 cm³/mol. The maximum absolute atomic E-state index is 14.5. The Hall–Kier alpha value is -4.14. The molecular weight excluding hydrogens is 606 g/mol. The van der Waals surface area contributed by atoms with Crippen molar-refractivity contribution in [3.63, 3.8) is 0 Å². The van der Waals surface area contributed by atoms with Crippen LogP contribution in [0.25, 0.3) is 0 Å². The van der Waals surface area contributed by atoms with Crippen molar-refractivity contribution in [2.24, 2.45) is 0 Å². The van der Waals surface area contributed by atoms with Crippen molar-refractivity contribution in [2.45, 2.75) is 57.5 Å². The second kappa shape index (κ2) is 15.7. The normalized spacial score (nSPS) is 11.9. The first-order valence-electron chi connectivity index (χ1n) is 15.1. The summed E-state index contributed by atoms with van der Waals surface area (Å²) in [6.07, 6.45) is 1.96. The summed E-state index contributed by atoms with van der Waals surface area (Å²) < 4.78 is 29.3. The van der Waals surface area contributed by atoms with E-state index in [2.05, 4.69) is 5.32 Å². The minimum Gasteiger partial charge on any atom is -0.354 e. The van der Waals surface area contributed by atoms with Gasteiger partial charge in [-0.1, -0.05) is 103 Å². The highest BCUT2D eigenvalue weighted by Gasteiger charge is 2.34. The first kappa shape index (κ1) is 33.7. The van der Waals surface area contributed by atoms with Crippen LogP contribution in [0, 0.1) is 13.8 Å². The molecule has 7 nitrogen and oxygen atoms in total. The summed E-state index contributed by atoms with van der Waals surface area (Å²) in [5.74, 6) is -0.801. The number of carbonyl (C=O) groups is 2. The number of carbonyl (C=O) groups excluding carboxylic acids is 2. The molecule has 0 aliphatic carbocycles. The smallest absolute Gasteiger partial charge is 0.264 e. The van der Waals surface area contributed by atoms with Crippen LogP contribution in [0.1, 0.15) is 42.0 Å². The minimum absolute atomic E-state index is 0.0458. The van der Waals surface area contributed by atoms with Gasteiger partial charge in [0.2, 0.25) is 11.8 Å². The molecule has 0 fully saturated rings. The van der Waals surface area contributed by atoms with Crippen molar-refractivity contribution in [3.05, 3.63) is 130 Å². The molecule has 0 aromatic heterocycles. The highest BCUT2D eigenvalue weighted by Crippen LogP contribution is 2.27. The summed E-state index contributed by atoms with van der Waals surface area (Å²) in [7, 11) is -4.19. The zero-order valence-electron chi connectivity index (χ0n) is 25.9. The molecule has 4 aromatic carbocycles. The predicted octanol–water partition coefficient (Wildman–Crippen LogP) is 6.71. The van der Waals surface area contributed by atoms with Crippen LogP contribution in [0.4, 0.5) is 5.69 Å². The lowest BCUT2D eigenvalue weighted by Gasteiger charge is -2.34. The molecule has 0 saturated heterocycles. The third kappa shape index (κ3) is 8.96. The van der Waals surface area contributed by atoms with E-state index in [1.807, 2.05) is 75.4 Å². The summed E-state index contributed by atoms with van der Waals surface area (Å²) >= 11 is 6.30. The molecule has 0 radical (unpaired) electrons. The highest BCUT2D eigenvalue weighted by molar-refractivity contribution is 7.92. The molecule has 1 atom stereocenters. The molecule has 0 heterocycles. The summed E-state index contributed by atoms with van der Waals surface area (Å²) in [5, 5.41) is 3.34. The number of nitrogens with zero attached hydrogens (tertiary/aromatic N) is 2. The Morgan fingerprint density at radius 2 is 1.56 bits per heavy atom. The fourth-order valence-electron chi connectivity index (χ4n) is 5.03. The summed E-state index contributed by atoms with van der Waals surface area (Å²) in [4.78, 5) is 29.9. The van der Waals surface area contributed by atoms with Gasteiger partial charge in [-0.15, -0.1) is 0 Å². The van der Waals surface area contributed by atoms with E-state index in [4.69, 9.17) is 11.6 Å². The molecule has 0 saturated carbocycles. The van der Waals surface area contributed by atoms with Gasteiger partial charge >= 0.3 is 0 Å². The van der Waals surface area contributed by atoms with Crippen molar-refractivity contribution in [2.75, 3.05) is 17.4 Å². The standard InChI is InChI=1S/C36H40ClN3O4S/c1-4-5-22-38-36(42)34(23-29-13-7-6-8-14-29)39(25-30-15-10-9-12-28(30)3)35(41)26-40(32-17-11-16-31(37)24-32)45(43,44)33-20-18-27(2)19-21-33/h6-21,24,34H,4-5,22-23,25-26H2,1-3H3,(H,38,42)/t34-/m1/s1. The van der Waals surface area contributed by atoms with Gasteiger partial charge in [0.25, 0.3) is 10.0 Å². The average Bonchev–Trinajstić information content (AvgIpc) is 3.03. The first-order chi connectivity index (χ1) is 21.6. The molecule has 0 unspecified atom stereocenters. The van der Waals surface area contributed by atoms with E-state index in [0.717, 1.165) is 39.4 Å². The van der Waals surface area contributed by atoms with Crippen molar-refractivity contribution in [1.82, 2.24) is 10.2 Å². The SMILES string of the molecule is CCCCNC(=O)[C@@H](Cc1ccccc1)N(Cc1ccccc1C)C(=O)CN(c1cccc(Cl)c1)S(=O)(=O)c1ccc(C)cc1. The lowest BCUT2D eigenvalue weighted by Crippen LogP contribution is -2.53. The minimum atomic E-state index is -4.19. The number of amides is 2. The van der Waals surface area contributed by atoms with Crippen LogP contribution < -0.4 is 9.62 Å². The second-order valence-corrected chi connectivity index (χ2v) is 13.4. The van der Waals surface area contributed by atoms with Crippen LogP contribution in [0.2, 0.25) is 5.02 Å². The van der Waals surface area contributed by atoms with E-state index in [1.165, 1.54) is 23.1 Å². The maximum atomic E-state index is 14.5. The van der Waals surface area contributed by atoms with Crippen molar-refractivity contribution in [3.8, 4) is 0 Å². The Morgan fingerprint density at radius 3 is 2.22 bits per heavy atom. The summed E-state index contributed by atoms with van der Waals surface area (Å²) in [6.45, 7) is 5.93. The number of aryl methyl sites for hydroxylation is 2. The molecule has 0 aliphatic heterocycles. The van der Waals surface area contributed by atoms with Crippen LogP contribution in [-0.2, 0) is 32.6 Å². The van der Waals surface area contributed by atoms with Crippen LogP contribution in [0.3, 0.4) is 0 Å². The first-order valence-corrected chi connectivity index (χ1v) is 16.9. The Kier molecular flexibility index (Phi) is 11.8. The number of anilines is 1. The van der Waals surface area contributed by atoms with Gasteiger partial charge in [0, 0.05) is 24.5 Å². The number of benzene rings is 4. The van der Waals surface area contributed by atoms with Gasteiger partial charge in [0.05, 0.1) is 10.6 Å². The highest BCUT2D eigenvalue weighted by atomic mass is 35.5. The van der Waals surface area contributed by atoms with Gasteiger partial charge in [-0.3, -0.25) is 13.9 Å². The quantitative estimate of drug-likeness (QED) is 0.155. The molecule has 0 aliphatic rings. The van der Waals surface area contributed by atoms with Gasteiger partial charge in [-0.05, 0) is 67.3 Å². The number of sulfonamides is 1. The molecule has 2 amide bonds. The average molecular weight is 646 g/mol. The molecule has 236 valence electrons. The van der Waals surface area contributed by atoms with Gasteiger partial charge in [0.15, 0.2) is 0 Å². The monoisotopic (exact) mass is 645 g/mol. The van der Waals surface area contributed by atoms with Gasteiger partial charge in [-0.2, -0.15) is 0 Å². The number of hydrogen-bond acceptors (Lipinski definition) is 4. The van der Waals surface area contributed by atoms with Gasteiger partial charge < -0.3 is 10.2 Å². The zero-order chi connectivity index (χ0) is 32.4. The number of hydrogen-bond donors (Lipinski definition) is 1. The molecule has 1 N–H and O–H groups in total. The van der Waals surface area contributed by atoms with E-state index in [9.17, 15) is 18.0 Å². The van der Waals surface area contributed by atoms with Crippen LogP contribution in [0.5, 0.6) is 0 Å². The fourth-order valence-corrected chi connectivity index (χ4v) is 6.62. The van der Waals surface area contributed by atoms with E-state index in [-0.39, 0.29) is 29.5 Å². The number of nitrogens with one attached hydrogen (secondary N) is 1. The molecule has 0 spiro atoms. The molecule has 4 aromatic rings. The molecule has 0 bridgehead atoms. The zero-order valence-corrected chi connectivity index (χ0v) is 27.5. The Morgan fingerprint density at radius 1 is 0.867 bits per heavy atom.